The molecule has 3 rings (SSSR count). The lowest BCUT2D eigenvalue weighted by Gasteiger charge is -2.09. The van der Waals surface area contributed by atoms with Gasteiger partial charge in [-0.15, -0.1) is 5.10 Å². The molecule has 0 aliphatic carbocycles. The average molecular weight is 353 g/mol. The molecule has 0 atom stereocenters. The Kier molecular flexibility index (Phi) is 5.14. The van der Waals surface area contributed by atoms with E-state index in [1.54, 1.807) is 4.68 Å². The van der Waals surface area contributed by atoms with Crippen LogP contribution in [0.4, 0.5) is 5.69 Å². The molecule has 0 unspecified atom stereocenters. The number of carbonyl (C=O) groups excluding carboxylic acids is 1. The molecule has 3 aromatic rings. The second-order valence-electron chi connectivity index (χ2n) is 5.81. The molecule has 0 fully saturated rings. The summed E-state index contributed by atoms with van der Waals surface area (Å²) >= 11 is 1.31. The van der Waals surface area contributed by atoms with Crippen molar-refractivity contribution in [1.82, 2.24) is 20.2 Å². The van der Waals surface area contributed by atoms with Crippen LogP contribution in [0.5, 0.6) is 0 Å². The van der Waals surface area contributed by atoms with E-state index < -0.39 is 0 Å². The quantitative estimate of drug-likeness (QED) is 0.713. The maximum Gasteiger partial charge on any atom is 0.234 e. The number of nitrogens with one attached hydrogen (secondary N) is 1. The number of para-hydroxylation sites is 1. The van der Waals surface area contributed by atoms with Crippen LogP contribution < -0.4 is 5.32 Å². The van der Waals surface area contributed by atoms with Crippen LogP contribution in [0.2, 0.25) is 0 Å². The topological polar surface area (TPSA) is 72.7 Å². The van der Waals surface area contributed by atoms with E-state index in [-0.39, 0.29) is 11.7 Å². The van der Waals surface area contributed by atoms with Gasteiger partial charge in [-0.25, -0.2) is 0 Å². The molecule has 0 aliphatic rings. The summed E-state index contributed by atoms with van der Waals surface area (Å²) in [5.41, 5.74) is 4.98. The predicted octanol–water partition coefficient (Wildman–Crippen LogP) is 3.32. The number of aromatic nitrogens is 4. The van der Waals surface area contributed by atoms with Crippen LogP contribution in [0.3, 0.4) is 0 Å². The second-order valence-corrected chi connectivity index (χ2v) is 6.76. The van der Waals surface area contributed by atoms with Gasteiger partial charge in [0.1, 0.15) is 0 Å². The molecular formula is C18H19N5OS. The Balaban J connectivity index is 1.71. The van der Waals surface area contributed by atoms with Crippen molar-refractivity contribution in [1.29, 1.82) is 0 Å². The van der Waals surface area contributed by atoms with E-state index >= 15 is 0 Å². The van der Waals surface area contributed by atoms with E-state index in [1.165, 1.54) is 11.8 Å². The minimum absolute atomic E-state index is 0.0881. The first-order chi connectivity index (χ1) is 12.0. The Labute approximate surface area is 150 Å². The highest BCUT2D eigenvalue weighted by Gasteiger charge is 2.13. The molecule has 128 valence electrons. The number of tetrazole rings is 1. The Bertz CT molecular complexity index is 906. The van der Waals surface area contributed by atoms with E-state index in [0.29, 0.717) is 5.16 Å². The maximum atomic E-state index is 12.2. The number of nitrogens with zero attached hydrogens (tertiary/aromatic N) is 4. The fraction of sp³-hybridized carbons (Fsp3) is 0.222. The summed E-state index contributed by atoms with van der Waals surface area (Å²) in [5.74, 6) is 0.148. The zero-order chi connectivity index (χ0) is 17.8. The maximum absolute atomic E-state index is 12.2. The highest BCUT2D eigenvalue weighted by molar-refractivity contribution is 7.99. The van der Waals surface area contributed by atoms with E-state index in [0.717, 1.165) is 28.1 Å². The van der Waals surface area contributed by atoms with Crippen molar-refractivity contribution >= 4 is 23.4 Å². The van der Waals surface area contributed by atoms with Crippen LogP contribution in [-0.2, 0) is 4.79 Å². The van der Waals surface area contributed by atoms with Crippen molar-refractivity contribution in [3.05, 3.63) is 59.2 Å². The summed E-state index contributed by atoms with van der Waals surface area (Å²) in [7, 11) is 0. The van der Waals surface area contributed by atoms with Gasteiger partial charge in [0.2, 0.25) is 11.1 Å². The highest BCUT2D eigenvalue weighted by atomic mass is 32.2. The van der Waals surface area contributed by atoms with Crippen molar-refractivity contribution in [3.8, 4) is 5.69 Å². The standard InChI is InChI=1S/C18H19N5OS/c1-12-8-9-14(3)16(10-12)23-18(20-21-22-23)25-11-17(24)19-15-7-5-4-6-13(15)2/h4-10H,11H2,1-3H3,(H,19,24). The molecule has 0 bridgehead atoms. The van der Waals surface area contributed by atoms with Crippen LogP contribution in [0.25, 0.3) is 5.69 Å². The monoisotopic (exact) mass is 353 g/mol. The smallest absolute Gasteiger partial charge is 0.234 e. The summed E-state index contributed by atoms with van der Waals surface area (Å²) in [6.07, 6.45) is 0. The van der Waals surface area contributed by atoms with Crippen LogP contribution >= 0.6 is 11.8 Å². The van der Waals surface area contributed by atoms with Crippen molar-refractivity contribution in [2.24, 2.45) is 0 Å². The third kappa shape index (κ3) is 4.06. The molecule has 0 aliphatic heterocycles. The first kappa shape index (κ1) is 17.2. The van der Waals surface area contributed by atoms with Gasteiger partial charge in [-0.2, -0.15) is 4.68 Å². The third-order valence-electron chi connectivity index (χ3n) is 3.79. The lowest BCUT2D eigenvalue weighted by molar-refractivity contribution is -0.113. The number of amides is 1. The minimum Gasteiger partial charge on any atom is -0.325 e. The van der Waals surface area contributed by atoms with Crippen LogP contribution in [-0.4, -0.2) is 31.9 Å². The Morgan fingerprint density at radius 2 is 1.92 bits per heavy atom. The van der Waals surface area contributed by atoms with Gasteiger partial charge in [-0.3, -0.25) is 4.79 Å². The van der Waals surface area contributed by atoms with E-state index in [2.05, 4.69) is 20.8 Å². The number of rotatable bonds is 5. The van der Waals surface area contributed by atoms with Crippen LogP contribution in [0.15, 0.2) is 47.6 Å². The molecule has 2 aromatic carbocycles. The molecular weight excluding hydrogens is 334 g/mol. The summed E-state index contributed by atoms with van der Waals surface area (Å²) < 4.78 is 1.67. The molecule has 0 saturated carbocycles. The number of anilines is 1. The molecule has 0 saturated heterocycles. The molecule has 1 aromatic heterocycles. The predicted molar refractivity (Wildman–Crippen MR) is 99.2 cm³/mol. The van der Waals surface area contributed by atoms with Gasteiger partial charge in [0.15, 0.2) is 0 Å². The van der Waals surface area contributed by atoms with E-state index in [4.69, 9.17) is 0 Å². The molecule has 1 amide bonds. The summed E-state index contributed by atoms with van der Waals surface area (Å²) in [6.45, 7) is 6.00. The Morgan fingerprint density at radius 1 is 1.12 bits per heavy atom. The molecule has 25 heavy (non-hydrogen) atoms. The van der Waals surface area contributed by atoms with Crippen molar-refractivity contribution in [3.63, 3.8) is 0 Å². The zero-order valence-electron chi connectivity index (χ0n) is 14.4. The minimum atomic E-state index is -0.0881. The first-order valence-electron chi connectivity index (χ1n) is 7.89. The molecule has 1 N–H and O–H groups in total. The molecule has 7 heteroatoms. The van der Waals surface area contributed by atoms with Gasteiger partial charge in [0.05, 0.1) is 11.4 Å². The summed E-state index contributed by atoms with van der Waals surface area (Å²) in [5, 5.41) is 15.4. The van der Waals surface area contributed by atoms with Crippen molar-refractivity contribution < 1.29 is 4.79 Å². The Morgan fingerprint density at radius 3 is 2.72 bits per heavy atom. The van der Waals surface area contributed by atoms with Crippen LogP contribution in [0.1, 0.15) is 16.7 Å². The van der Waals surface area contributed by atoms with E-state index in [1.807, 2.05) is 63.2 Å². The van der Waals surface area contributed by atoms with E-state index in [9.17, 15) is 4.79 Å². The Hall–Kier alpha value is -2.67. The lowest BCUT2D eigenvalue weighted by atomic mass is 10.1. The number of hydrogen-bond donors (Lipinski definition) is 1. The fourth-order valence-corrected chi connectivity index (χ4v) is 3.08. The van der Waals surface area contributed by atoms with Gasteiger partial charge in [0.25, 0.3) is 0 Å². The van der Waals surface area contributed by atoms with Gasteiger partial charge in [-0.1, -0.05) is 42.1 Å². The lowest BCUT2D eigenvalue weighted by Crippen LogP contribution is -2.15. The highest BCUT2D eigenvalue weighted by Crippen LogP contribution is 2.22. The molecule has 1 heterocycles. The molecule has 6 nitrogen and oxygen atoms in total. The van der Waals surface area contributed by atoms with Crippen molar-refractivity contribution in [2.45, 2.75) is 25.9 Å². The molecule has 0 spiro atoms. The fourth-order valence-electron chi connectivity index (χ4n) is 2.40. The number of aryl methyl sites for hydroxylation is 3. The van der Waals surface area contributed by atoms with Gasteiger partial charge < -0.3 is 5.32 Å². The van der Waals surface area contributed by atoms with Gasteiger partial charge in [0, 0.05) is 5.69 Å². The normalized spacial score (nSPS) is 10.7. The van der Waals surface area contributed by atoms with Crippen molar-refractivity contribution in [2.75, 3.05) is 11.1 Å². The second kappa shape index (κ2) is 7.48. The number of carbonyl (C=O) groups is 1. The van der Waals surface area contributed by atoms with Crippen LogP contribution in [0, 0.1) is 20.8 Å². The molecule has 0 radical (unpaired) electrons. The first-order valence-corrected chi connectivity index (χ1v) is 8.87. The number of thioether (sulfide) groups is 1. The SMILES string of the molecule is Cc1ccc(C)c(-n2nnnc2SCC(=O)Nc2ccccc2C)c1. The summed E-state index contributed by atoms with van der Waals surface area (Å²) in [4.78, 5) is 12.2. The number of hydrogen-bond acceptors (Lipinski definition) is 5. The van der Waals surface area contributed by atoms with Gasteiger partial charge in [-0.05, 0) is 60.0 Å². The zero-order valence-corrected chi connectivity index (χ0v) is 15.2. The largest absolute Gasteiger partial charge is 0.325 e. The number of benzene rings is 2. The van der Waals surface area contributed by atoms with Gasteiger partial charge >= 0.3 is 0 Å². The third-order valence-corrected chi connectivity index (χ3v) is 4.70. The summed E-state index contributed by atoms with van der Waals surface area (Å²) in [6, 6.07) is 13.8. The average Bonchev–Trinajstić information content (AvgIpc) is 3.05.